The van der Waals surface area contributed by atoms with Gasteiger partial charge in [-0.2, -0.15) is 0 Å². The largest absolute Gasteiger partial charge is 0.478 e. The van der Waals surface area contributed by atoms with E-state index in [1.807, 2.05) is 13.8 Å². The van der Waals surface area contributed by atoms with E-state index in [1.165, 1.54) is 5.56 Å². The molecule has 0 saturated carbocycles. The van der Waals surface area contributed by atoms with Crippen LogP contribution in [0.5, 0.6) is 0 Å². The van der Waals surface area contributed by atoms with Gasteiger partial charge in [-0.05, 0) is 43.0 Å². The van der Waals surface area contributed by atoms with Crippen LogP contribution in [0.3, 0.4) is 0 Å². The quantitative estimate of drug-likeness (QED) is 0.821. The van der Waals surface area contributed by atoms with Crippen molar-refractivity contribution < 1.29 is 14.7 Å². The highest BCUT2D eigenvalue weighted by Gasteiger charge is 2.13. The monoisotopic (exact) mass is 325 g/mol. The van der Waals surface area contributed by atoms with Gasteiger partial charge in [0.25, 0.3) is 0 Å². The molecule has 0 spiro atoms. The van der Waals surface area contributed by atoms with Gasteiger partial charge in [-0.1, -0.05) is 48.9 Å². The fourth-order valence-electron chi connectivity index (χ4n) is 2.49. The zero-order valence-electron chi connectivity index (χ0n) is 14.1. The fourth-order valence-corrected chi connectivity index (χ4v) is 2.49. The molecule has 4 heteroatoms. The van der Waals surface area contributed by atoms with Crippen molar-refractivity contribution in [3.05, 3.63) is 70.8 Å². The highest BCUT2D eigenvalue weighted by atomic mass is 16.4. The van der Waals surface area contributed by atoms with Gasteiger partial charge in [0.05, 0.1) is 5.56 Å². The molecule has 0 aliphatic rings. The van der Waals surface area contributed by atoms with Crippen molar-refractivity contribution in [1.82, 2.24) is 5.32 Å². The van der Waals surface area contributed by atoms with Crippen LogP contribution in [0.15, 0.2) is 48.5 Å². The lowest BCUT2D eigenvalue weighted by atomic mass is 9.99. The Hall–Kier alpha value is -2.62. The van der Waals surface area contributed by atoms with Gasteiger partial charge in [-0.3, -0.25) is 4.79 Å². The van der Waals surface area contributed by atoms with Crippen molar-refractivity contribution in [2.45, 2.75) is 26.7 Å². The molecule has 2 aromatic rings. The highest BCUT2D eigenvalue weighted by Crippen LogP contribution is 2.10. The Morgan fingerprint density at radius 1 is 1.00 bits per heavy atom. The van der Waals surface area contributed by atoms with Crippen molar-refractivity contribution >= 4 is 11.9 Å². The molecule has 0 saturated heterocycles. The lowest BCUT2D eigenvalue weighted by Crippen LogP contribution is -2.31. The molecule has 1 amide bonds. The second kappa shape index (κ2) is 8.29. The predicted molar refractivity (Wildman–Crippen MR) is 94.2 cm³/mol. The summed E-state index contributed by atoms with van der Waals surface area (Å²) in [5.41, 5.74) is 3.65. The Morgan fingerprint density at radius 2 is 1.58 bits per heavy atom. The molecule has 0 aliphatic heterocycles. The maximum absolute atomic E-state index is 12.2. The molecule has 24 heavy (non-hydrogen) atoms. The summed E-state index contributed by atoms with van der Waals surface area (Å²) < 4.78 is 0. The van der Waals surface area contributed by atoms with E-state index < -0.39 is 5.97 Å². The Kier molecular flexibility index (Phi) is 6.13. The lowest BCUT2D eigenvalue weighted by Gasteiger charge is -2.12. The second-order valence-electron chi connectivity index (χ2n) is 6.13. The summed E-state index contributed by atoms with van der Waals surface area (Å²) in [5, 5.41) is 11.8. The average Bonchev–Trinajstić information content (AvgIpc) is 2.57. The van der Waals surface area contributed by atoms with Gasteiger partial charge in [0.15, 0.2) is 0 Å². The third-order valence-corrected chi connectivity index (χ3v) is 4.02. The summed E-state index contributed by atoms with van der Waals surface area (Å²) in [7, 11) is 0. The van der Waals surface area contributed by atoms with E-state index >= 15 is 0 Å². The molecule has 2 N–H and O–H groups in total. The Balaban J connectivity index is 1.77. The first kappa shape index (κ1) is 17.7. The zero-order valence-corrected chi connectivity index (χ0v) is 14.1. The van der Waals surface area contributed by atoms with Crippen LogP contribution in [0.2, 0.25) is 0 Å². The predicted octanol–water partition coefficient (Wildman–Crippen LogP) is 3.23. The number of aromatic carboxylic acids is 1. The van der Waals surface area contributed by atoms with Gasteiger partial charge in [0, 0.05) is 12.5 Å². The van der Waals surface area contributed by atoms with Crippen molar-refractivity contribution in [2.24, 2.45) is 5.92 Å². The number of hydrogen-bond acceptors (Lipinski definition) is 2. The smallest absolute Gasteiger partial charge is 0.335 e. The molecule has 0 aromatic heterocycles. The van der Waals surface area contributed by atoms with E-state index in [1.54, 1.807) is 24.3 Å². The summed E-state index contributed by atoms with van der Waals surface area (Å²) >= 11 is 0. The number of aryl methyl sites for hydroxylation is 1. The molecule has 0 aliphatic carbocycles. The summed E-state index contributed by atoms with van der Waals surface area (Å²) in [6.07, 6.45) is 1.41. The maximum atomic E-state index is 12.2. The minimum absolute atomic E-state index is 0.0396. The number of carboxylic acids is 1. The Bertz CT molecular complexity index is 690. The lowest BCUT2D eigenvalue weighted by molar-refractivity contribution is -0.124. The number of hydrogen-bond donors (Lipinski definition) is 2. The minimum Gasteiger partial charge on any atom is -0.478 e. The SMILES string of the molecule is Cc1ccc(CC(C)C(=O)NCCc2ccc(C(=O)O)cc2)cc1. The van der Waals surface area contributed by atoms with Crippen LogP contribution in [0.25, 0.3) is 0 Å². The molecule has 2 aromatic carbocycles. The van der Waals surface area contributed by atoms with E-state index in [-0.39, 0.29) is 17.4 Å². The number of carbonyl (C=O) groups is 2. The molecule has 4 nitrogen and oxygen atoms in total. The first-order chi connectivity index (χ1) is 11.5. The molecule has 2 rings (SSSR count). The summed E-state index contributed by atoms with van der Waals surface area (Å²) in [6.45, 7) is 4.52. The highest BCUT2D eigenvalue weighted by molar-refractivity contribution is 5.87. The summed E-state index contributed by atoms with van der Waals surface area (Å²) in [5.74, 6) is -0.973. The van der Waals surface area contributed by atoms with Gasteiger partial charge < -0.3 is 10.4 Å². The molecule has 0 radical (unpaired) electrons. The normalized spacial score (nSPS) is 11.8. The number of carboxylic acid groups (broad SMARTS) is 1. The first-order valence-corrected chi connectivity index (χ1v) is 8.11. The Morgan fingerprint density at radius 3 is 2.17 bits per heavy atom. The third kappa shape index (κ3) is 5.23. The number of amides is 1. The number of nitrogens with one attached hydrogen (secondary N) is 1. The molecular weight excluding hydrogens is 302 g/mol. The van der Waals surface area contributed by atoms with Crippen LogP contribution < -0.4 is 5.32 Å². The zero-order chi connectivity index (χ0) is 17.5. The number of benzene rings is 2. The molecule has 0 bridgehead atoms. The van der Waals surface area contributed by atoms with E-state index in [2.05, 4.69) is 29.6 Å². The van der Waals surface area contributed by atoms with Gasteiger partial charge in [-0.15, -0.1) is 0 Å². The molecule has 1 unspecified atom stereocenters. The topological polar surface area (TPSA) is 66.4 Å². The van der Waals surface area contributed by atoms with Gasteiger partial charge >= 0.3 is 5.97 Å². The maximum Gasteiger partial charge on any atom is 0.335 e. The molecular formula is C20H23NO3. The van der Waals surface area contributed by atoms with Crippen LogP contribution in [0, 0.1) is 12.8 Å². The molecule has 126 valence electrons. The average molecular weight is 325 g/mol. The fraction of sp³-hybridized carbons (Fsp3) is 0.300. The molecule has 0 heterocycles. The van der Waals surface area contributed by atoms with Crippen LogP contribution >= 0.6 is 0 Å². The minimum atomic E-state index is -0.931. The number of carbonyl (C=O) groups excluding carboxylic acids is 1. The van der Waals surface area contributed by atoms with Gasteiger partial charge in [0.1, 0.15) is 0 Å². The van der Waals surface area contributed by atoms with Crippen LogP contribution in [0.1, 0.15) is 34.0 Å². The molecule has 0 fully saturated rings. The van der Waals surface area contributed by atoms with E-state index in [9.17, 15) is 9.59 Å². The third-order valence-electron chi connectivity index (χ3n) is 4.02. The van der Waals surface area contributed by atoms with E-state index in [4.69, 9.17) is 5.11 Å². The van der Waals surface area contributed by atoms with Crippen LogP contribution in [-0.2, 0) is 17.6 Å². The Labute approximate surface area is 142 Å². The van der Waals surface area contributed by atoms with Gasteiger partial charge in [0.2, 0.25) is 5.91 Å². The van der Waals surface area contributed by atoms with Crippen molar-refractivity contribution in [2.75, 3.05) is 6.54 Å². The van der Waals surface area contributed by atoms with Crippen molar-refractivity contribution in [3.63, 3.8) is 0 Å². The second-order valence-corrected chi connectivity index (χ2v) is 6.13. The van der Waals surface area contributed by atoms with E-state index in [0.717, 1.165) is 17.5 Å². The van der Waals surface area contributed by atoms with Crippen molar-refractivity contribution in [3.8, 4) is 0 Å². The standard InChI is InChI=1S/C20H23NO3/c1-14-3-5-17(6-4-14)13-15(2)19(22)21-12-11-16-7-9-18(10-8-16)20(23)24/h3-10,15H,11-13H2,1-2H3,(H,21,22)(H,23,24). The summed E-state index contributed by atoms with van der Waals surface area (Å²) in [4.78, 5) is 23.0. The number of rotatable bonds is 7. The van der Waals surface area contributed by atoms with Crippen LogP contribution in [0.4, 0.5) is 0 Å². The first-order valence-electron chi connectivity index (χ1n) is 8.11. The van der Waals surface area contributed by atoms with Crippen molar-refractivity contribution in [1.29, 1.82) is 0 Å². The summed E-state index contributed by atoms with van der Waals surface area (Å²) in [6, 6.07) is 15.0. The van der Waals surface area contributed by atoms with Crippen LogP contribution in [-0.4, -0.2) is 23.5 Å². The van der Waals surface area contributed by atoms with E-state index in [0.29, 0.717) is 13.0 Å². The van der Waals surface area contributed by atoms with Gasteiger partial charge in [-0.25, -0.2) is 4.79 Å². The molecule has 1 atom stereocenters.